The van der Waals surface area contributed by atoms with Crippen molar-refractivity contribution in [2.75, 3.05) is 40.5 Å². The third kappa shape index (κ3) is 8.63. The van der Waals surface area contributed by atoms with Gasteiger partial charge in [0, 0.05) is 39.4 Å². The molecule has 1 aromatic rings. The molecule has 2 N–H and O–H groups in total. The molecule has 1 unspecified atom stereocenters. The Labute approximate surface area is 164 Å². The summed E-state index contributed by atoms with van der Waals surface area (Å²) in [6.07, 6.45) is 0.0906. The molecule has 0 saturated carbocycles. The number of rotatable bonds is 10. The Morgan fingerprint density at radius 1 is 1.19 bits per heavy atom. The highest BCUT2D eigenvalue weighted by atomic mass is 16.5. The van der Waals surface area contributed by atoms with E-state index in [9.17, 15) is 0 Å². The quantitative estimate of drug-likeness (QED) is 0.371. The third-order valence-electron chi connectivity index (χ3n) is 4.29. The molecule has 27 heavy (non-hydrogen) atoms. The van der Waals surface area contributed by atoms with Crippen LogP contribution in [0, 0.1) is 12.3 Å². The molecule has 0 saturated heterocycles. The van der Waals surface area contributed by atoms with E-state index in [0.29, 0.717) is 32.9 Å². The Morgan fingerprint density at radius 3 is 2.52 bits per heavy atom. The number of ether oxygens (including phenoxy) is 3. The maximum Gasteiger partial charge on any atom is 0.191 e. The van der Waals surface area contributed by atoms with Crippen molar-refractivity contribution in [3.63, 3.8) is 0 Å². The molecule has 154 valence electrons. The first kappa shape index (κ1) is 23.2. The SMILES string of the molecule is CCOCCOc1cc(C)ccc1CNC(=NC)NCC(OC)C(C)(C)C. The van der Waals surface area contributed by atoms with Crippen molar-refractivity contribution >= 4 is 5.96 Å². The number of methoxy groups -OCH3 is 1. The summed E-state index contributed by atoms with van der Waals surface area (Å²) in [7, 11) is 3.51. The summed E-state index contributed by atoms with van der Waals surface area (Å²) in [5.74, 6) is 1.62. The van der Waals surface area contributed by atoms with Gasteiger partial charge in [-0.15, -0.1) is 0 Å². The van der Waals surface area contributed by atoms with Crippen LogP contribution in [-0.4, -0.2) is 52.6 Å². The first-order valence-corrected chi connectivity index (χ1v) is 9.59. The minimum Gasteiger partial charge on any atom is -0.491 e. The molecular formula is C21H37N3O3. The third-order valence-corrected chi connectivity index (χ3v) is 4.29. The smallest absolute Gasteiger partial charge is 0.191 e. The zero-order valence-corrected chi connectivity index (χ0v) is 18.0. The van der Waals surface area contributed by atoms with E-state index in [1.807, 2.05) is 6.92 Å². The number of aryl methyl sites for hydroxylation is 1. The minimum atomic E-state index is 0.0547. The molecular weight excluding hydrogens is 342 g/mol. The number of aliphatic imine (C=N–C) groups is 1. The van der Waals surface area contributed by atoms with E-state index in [0.717, 1.165) is 17.3 Å². The number of nitrogens with zero attached hydrogens (tertiary/aromatic N) is 1. The van der Waals surface area contributed by atoms with Crippen LogP contribution in [-0.2, 0) is 16.0 Å². The second-order valence-electron chi connectivity index (χ2n) is 7.55. The van der Waals surface area contributed by atoms with Crippen LogP contribution in [0.25, 0.3) is 0 Å². The van der Waals surface area contributed by atoms with Gasteiger partial charge in [0.25, 0.3) is 0 Å². The lowest BCUT2D eigenvalue weighted by Crippen LogP contribution is -2.45. The average Bonchev–Trinajstić information content (AvgIpc) is 2.62. The summed E-state index contributed by atoms with van der Waals surface area (Å²) in [5.41, 5.74) is 2.30. The number of hydrogen-bond donors (Lipinski definition) is 2. The zero-order chi connectivity index (χ0) is 20.3. The van der Waals surface area contributed by atoms with Gasteiger partial charge < -0.3 is 24.8 Å². The number of guanidine groups is 1. The van der Waals surface area contributed by atoms with Crippen molar-refractivity contribution in [2.45, 2.75) is 47.3 Å². The Balaban J connectivity index is 2.64. The second-order valence-corrected chi connectivity index (χ2v) is 7.55. The van der Waals surface area contributed by atoms with Crippen molar-refractivity contribution < 1.29 is 14.2 Å². The predicted molar refractivity (Wildman–Crippen MR) is 112 cm³/mol. The standard InChI is InChI=1S/C21H37N3O3/c1-8-26-11-12-27-18-13-16(2)9-10-17(18)14-23-20(22-6)24-15-19(25-7)21(3,4)5/h9-10,13,19H,8,11-12,14-15H2,1-7H3,(H2,22,23,24). The summed E-state index contributed by atoms with van der Waals surface area (Å²) in [4.78, 5) is 4.30. The molecule has 0 spiro atoms. The van der Waals surface area contributed by atoms with E-state index in [1.165, 1.54) is 5.56 Å². The van der Waals surface area contributed by atoms with Crippen molar-refractivity contribution in [3.8, 4) is 5.75 Å². The summed E-state index contributed by atoms with van der Waals surface area (Å²) < 4.78 is 16.8. The van der Waals surface area contributed by atoms with Crippen LogP contribution < -0.4 is 15.4 Å². The lowest BCUT2D eigenvalue weighted by molar-refractivity contribution is 0.0205. The van der Waals surface area contributed by atoms with Crippen LogP contribution in [0.4, 0.5) is 0 Å². The molecule has 6 nitrogen and oxygen atoms in total. The number of benzene rings is 1. The molecule has 0 aliphatic carbocycles. The summed E-state index contributed by atoms with van der Waals surface area (Å²) in [6.45, 7) is 13.7. The van der Waals surface area contributed by atoms with Gasteiger partial charge >= 0.3 is 0 Å². The molecule has 0 radical (unpaired) electrons. The maximum atomic E-state index is 5.90. The van der Waals surface area contributed by atoms with E-state index >= 15 is 0 Å². The Kier molecular flexibility index (Phi) is 10.2. The molecule has 1 rings (SSSR count). The van der Waals surface area contributed by atoms with Gasteiger partial charge in [0.05, 0.1) is 12.7 Å². The van der Waals surface area contributed by atoms with Crippen molar-refractivity contribution in [3.05, 3.63) is 29.3 Å². The van der Waals surface area contributed by atoms with Crippen molar-refractivity contribution in [1.29, 1.82) is 0 Å². The monoisotopic (exact) mass is 379 g/mol. The minimum absolute atomic E-state index is 0.0547. The number of nitrogens with one attached hydrogen (secondary N) is 2. The topological polar surface area (TPSA) is 64.1 Å². The van der Waals surface area contributed by atoms with E-state index in [1.54, 1.807) is 14.2 Å². The molecule has 0 heterocycles. The summed E-state index contributed by atoms with van der Waals surface area (Å²) >= 11 is 0. The van der Waals surface area contributed by atoms with Gasteiger partial charge in [-0.2, -0.15) is 0 Å². The number of hydrogen-bond acceptors (Lipinski definition) is 4. The Morgan fingerprint density at radius 2 is 1.93 bits per heavy atom. The van der Waals surface area contributed by atoms with Crippen molar-refractivity contribution in [1.82, 2.24) is 10.6 Å². The summed E-state index contributed by atoms with van der Waals surface area (Å²) in [6, 6.07) is 6.22. The average molecular weight is 380 g/mol. The first-order valence-electron chi connectivity index (χ1n) is 9.59. The van der Waals surface area contributed by atoms with Gasteiger partial charge in [0.15, 0.2) is 5.96 Å². The van der Waals surface area contributed by atoms with Gasteiger partial charge in [0.2, 0.25) is 0 Å². The highest BCUT2D eigenvalue weighted by Gasteiger charge is 2.24. The van der Waals surface area contributed by atoms with Gasteiger partial charge in [0.1, 0.15) is 12.4 Å². The lowest BCUT2D eigenvalue weighted by atomic mass is 9.89. The fourth-order valence-electron chi connectivity index (χ4n) is 2.63. The normalized spacial score (nSPS) is 13.4. The molecule has 0 aromatic heterocycles. The predicted octanol–water partition coefficient (Wildman–Crippen LogP) is 3.14. The molecule has 0 aliphatic rings. The van der Waals surface area contributed by atoms with Crippen molar-refractivity contribution in [2.24, 2.45) is 10.4 Å². The van der Waals surface area contributed by atoms with Crippen LogP contribution in [0.3, 0.4) is 0 Å². The fourth-order valence-corrected chi connectivity index (χ4v) is 2.63. The highest BCUT2D eigenvalue weighted by Crippen LogP contribution is 2.21. The van der Waals surface area contributed by atoms with E-state index in [4.69, 9.17) is 14.2 Å². The van der Waals surface area contributed by atoms with Crippen LogP contribution in [0.5, 0.6) is 5.75 Å². The van der Waals surface area contributed by atoms with E-state index < -0.39 is 0 Å². The van der Waals surface area contributed by atoms with Crippen LogP contribution in [0.15, 0.2) is 23.2 Å². The molecule has 1 atom stereocenters. The summed E-state index contributed by atoms with van der Waals surface area (Å²) in [5, 5.41) is 6.69. The highest BCUT2D eigenvalue weighted by molar-refractivity contribution is 5.79. The zero-order valence-electron chi connectivity index (χ0n) is 18.0. The van der Waals surface area contributed by atoms with Crippen LogP contribution >= 0.6 is 0 Å². The Hall–Kier alpha value is -1.79. The largest absolute Gasteiger partial charge is 0.491 e. The van der Waals surface area contributed by atoms with Crippen LogP contribution in [0.2, 0.25) is 0 Å². The fraction of sp³-hybridized carbons (Fsp3) is 0.667. The molecule has 0 amide bonds. The maximum absolute atomic E-state index is 5.90. The van der Waals surface area contributed by atoms with E-state index in [2.05, 4.69) is 61.5 Å². The molecule has 0 aliphatic heterocycles. The molecule has 1 aromatic carbocycles. The molecule has 6 heteroatoms. The molecule has 0 fully saturated rings. The lowest BCUT2D eigenvalue weighted by Gasteiger charge is -2.30. The van der Waals surface area contributed by atoms with Gasteiger partial charge in [-0.3, -0.25) is 4.99 Å². The first-order chi connectivity index (χ1) is 12.8. The van der Waals surface area contributed by atoms with E-state index in [-0.39, 0.29) is 11.5 Å². The van der Waals surface area contributed by atoms with Gasteiger partial charge in [-0.25, -0.2) is 0 Å². The van der Waals surface area contributed by atoms with Crippen LogP contribution in [0.1, 0.15) is 38.8 Å². The van der Waals surface area contributed by atoms with Gasteiger partial charge in [-0.1, -0.05) is 32.9 Å². The Bertz CT molecular complexity index is 583. The van der Waals surface area contributed by atoms with Gasteiger partial charge in [-0.05, 0) is 30.9 Å². The second kappa shape index (κ2) is 11.8. The molecule has 0 bridgehead atoms.